The van der Waals surface area contributed by atoms with Crippen LogP contribution >= 0.6 is 0 Å². The highest BCUT2D eigenvalue weighted by molar-refractivity contribution is 4.68. The zero-order chi connectivity index (χ0) is 9.94. The van der Waals surface area contributed by atoms with E-state index in [0.717, 1.165) is 6.04 Å². The van der Waals surface area contributed by atoms with Crippen LogP contribution in [0.2, 0.25) is 0 Å². The summed E-state index contributed by atoms with van der Waals surface area (Å²) in [7, 11) is 0. The topological polar surface area (TPSA) is 12.0 Å². The lowest BCUT2D eigenvalue weighted by Crippen LogP contribution is -2.28. The fourth-order valence-corrected chi connectivity index (χ4v) is 1.48. The molecule has 1 heteroatoms. The molecule has 0 rings (SSSR count). The Bertz CT molecular complexity index is 110. The molecule has 0 aliphatic heterocycles. The molecule has 0 bridgehead atoms. The van der Waals surface area contributed by atoms with Crippen LogP contribution < -0.4 is 5.32 Å². The Labute approximate surface area is 83.6 Å². The van der Waals surface area contributed by atoms with Crippen molar-refractivity contribution >= 4 is 0 Å². The van der Waals surface area contributed by atoms with Gasteiger partial charge in [0.25, 0.3) is 0 Å². The van der Waals surface area contributed by atoms with Crippen LogP contribution in [0.3, 0.4) is 0 Å². The molecule has 0 fully saturated rings. The highest BCUT2D eigenvalue weighted by atomic mass is 14.9. The van der Waals surface area contributed by atoms with Crippen molar-refractivity contribution in [2.24, 2.45) is 0 Å². The summed E-state index contributed by atoms with van der Waals surface area (Å²) >= 11 is 0. The summed E-state index contributed by atoms with van der Waals surface area (Å²) in [5.41, 5.74) is 0. The summed E-state index contributed by atoms with van der Waals surface area (Å²) in [6, 6.07) is 0.741. The van der Waals surface area contributed by atoms with Gasteiger partial charge in [-0.1, -0.05) is 26.3 Å². The van der Waals surface area contributed by atoms with Gasteiger partial charge in [0.1, 0.15) is 0 Å². The van der Waals surface area contributed by atoms with Gasteiger partial charge >= 0.3 is 0 Å². The minimum Gasteiger partial charge on any atom is -0.314 e. The largest absolute Gasteiger partial charge is 0.314 e. The van der Waals surface area contributed by atoms with Gasteiger partial charge in [-0.05, 0) is 38.6 Å². The van der Waals surface area contributed by atoms with Gasteiger partial charge in [0.2, 0.25) is 0 Å². The van der Waals surface area contributed by atoms with Gasteiger partial charge in [0, 0.05) is 6.04 Å². The molecule has 0 heterocycles. The Morgan fingerprint density at radius 1 is 1.31 bits per heavy atom. The number of allylic oxidation sites excluding steroid dienone is 1. The molecule has 0 aliphatic carbocycles. The summed E-state index contributed by atoms with van der Waals surface area (Å²) in [5.74, 6) is 0. The maximum atomic E-state index is 3.73. The standard InChI is InChI=1S/C12H25N/c1-4-7-8-9-10-12(6-3)13-11-5-2/h4,12-13H,1,5-11H2,2-3H3. The van der Waals surface area contributed by atoms with Crippen molar-refractivity contribution in [3.8, 4) is 0 Å². The predicted octanol–water partition coefficient (Wildman–Crippen LogP) is 3.51. The summed E-state index contributed by atoms with van der Waals surface area (Å²) in [5, 5.41) is 3.57. The maximum Gasteiger partial charge on any atom is 0.00644 e. The van der Waals surface area contributed by atoms with E-state index in [9.17, 15) is 0 Å². The van der Waals surface area contributed by atoms with E-state index in [4.69, 9.17) is 0 Å². The van der Waals surface area contributed by atoms with Crippen LogP contribution in [0.25, 0.3) is 0 Å². The highest BCUT2D eigenvalue weighted by Gasteiger charge is 2.02. The van der Waals surface area contributed by atoms with Crippen molar-refractivity contribution in [1.82, 2.24) is 5.32 Å². The van der Waals surface area contributed by atoms with Crippen LogP contribution in [0.4, 0.5) is 0 Å². The first kappa shape index (κ1) is 12.7. The molecule has 1 unspecified atom stereocenters. The van der Waals surface area contributed by atoms with Crippen LogP contribution in [0.1, 0.15) is 52.4 Å². The molecule has 0 radical (unpaired) electrons. The van der Waals surface area contributed by atoms with E-state index in [0.29, 0.717) is 0 Å². The van der Waals surface area contributed by atoms with Crippen LogP contribution in [0.15, 0.2) is 12.7 Å². The molecule has 78 valence electrons. The summed E-state index contributed by atoms with van der Waals surface area (Å²) < 4.78 is 0. The monoisotopic (exact) mass is 183 g/mol. The third-order valence-electron chi connectivity index (χ3n) is 2.39. The van der Waals surface area contributed by atoms with Gasteiger partial charge in [0.15, 0.2) is 0 Å². The van der Waals surface area contributed by atoms with Crippen molar-refractivity contribution in [2.75, 3.05) is 6.54 Å². The molecule has 0 amide bonds. The van der Waals surface area contributed by atoms with E-state index in [2.05, 4.69) is 25.7 Å². The third kappa shape index (κ3) is 8.04. The Morgan fingerprint density at radius 2 is 2.08 bits per heavy atom. The molecule has 13 heavy (non-hydrogen) atoms. The minimum absolute atomic E-state index is 0.741. The van der Waals surface area contributed by atoms with Crippen molar-refractivity contribution in [3.63, 3.8) is 0 Å². The van der Waals surface area contributed by atoms with Crippen molar-refractivity contribution in [1.29, 1.82) is 0 Å². The molecule has 1 N–H and O–H groups in total. The van der Waals surface area contributed by atoms with E-state index in [-0.39, 0.29) is 0 Å². The SMILES string of the molecule is C=CCCCCC(CC)NCCC. The fourth-order valence-electron chi connectivity index (χ4n) is 1.48. The lowest BCUT2D eigenvalue weighted by Gasteiger charge is -2.15. The Hall–Kier alpha value is -0.300. The highest BCUT2D eigenvalue weighted by Crippen LogP contribution is 2.06. The quantitative estimate of drug-likeness (QED) is 0.426. The molecular weight excluding hydrogens is 158 g/mol. The average molecular weight is 183 g/mol. The molecule has 1 nitrogen and oxygen atoms in total. The molecule has 1 atom stereocenters. The fraction of sp³-hybridized carbons (Fsp3) is 0.833. The van der Waals surface area contributed by atoms with Gasteiger partial charge < -0.3 is 5.32 Å². The van der Waals surface area contributed by atoms with Gasteiger partial charge in [-0.3, -0.25) is 0 Å². The van der Waals surface area contributed by atoms with Crippen LogP contribution in [0.5, 0.6) is 0 Å². The number of rotatable bonds is 9. The van der Waals surface area contributed by atoms with Crippen LogP contribution in [-0.4, -0.2) is 12.6 Å². The number of nitrogens with one attached hydrogen (secondary N) is 1. The smallest absolute Gasteiger partial charge is 0.00644 e. The second-order valence-electron chi connectivity index (χ2n) is 3.63. The number of hydrogen-bond acceptors (Lipinski definition) is 1. The Kier molecular flexibility index (Phi) is 9.56. The molecule has 0 aliphatic rings. The van der Waals surface area contributed by atoms with E-state index >= 15 is 0 Å². The second kappa shape index (κ2) is 9.79. The lowest BCUT2D eigenvalue weighted by molar-refractivity contribution is 0.450. The molecule has 0 aromatic carbocycles. The van der Waals surface area contributed by atoms with Crippen LogP contribution in [0, 0.1) is 0 Å². The second-order valence-corrected chi connectivity index (χ2v) is 3.63. The average Bonchev–Trinajstić information content (AvgIpc) is 2.17. The first-order chi connectivity index (χ1) is 6.35. The number of unbranched alkanes of at least 4 members (excludes halogenated alkanes) is 2. The Morgan fingerprint density at radius 3 is 2.62 bits per heavy atom. The normalized spacial score (nSPS) is 12.8. The molecule has 0 saturated carbocycles. The van der Waals surface area contributed by atoms with Crippen molar-refractivity contribution in [3.05, 3.63) is 12.7 Å². The molecule has 0 aromatic rings. The van der Waals surface area contributed by atoms with Crippen molar-refractivity contribution < 1.29 is 0 Å². The van der Waals surface area contributed by atoms with E-state index in [1.807, 2.05) is 6.08 Å². The van der Waals surface area contributed by atoms with Crippen molar-refractivity contribution in [2.45, 2.75) is 58.4 Å². The van der Waals surface area contributed by atoms with E-state index in [1.165, 1.54) is 45.1 Å². The van der Waals surface area contributed by atoms with Crippen LogP contribution in [-0.2, 0) is 0 Å². The minimum atomic E-state index is 0.741. The molecule has 0 aromatic heterocycles. The maximum absolute atomic E-state index is 3.73. The summed E-state index contributed by atoms with van der Waals surface area (Å²) in [4.78, 5) is 0. The summed E-state index contributed by atoms with van der Waals surface area (Å²) in [6.07, 6.45) is 9.64. The first-order valence-electron chi connectivity index (χ1n) is 5.69. The number of hydrogen-bond donors (Lipinski definition) is 1. The molecular formula is C12H25N. The van der Waals surface area contributed by atoms with Gasteiger partial charge in [-0.2, -0.15) is 0 Å². The van der Waals surface area contributed by atoms with Gasteiger partial charge in [0.05, 0.1) is 0 Å². The Balaban J connectivity index is 3.30. The molecule has 0 saturated heterocycles. The zero-order valence-electron chi connectivity index (χ0n) is 9.31. The first-order valence-corrected chi connectivity index (χ1v) is 5.69. The van der Waals surface area contributed by atoms with Gasteiger partial charge in [-0.15, -0.1) is 6.58 Å². The zero-order valence-corrected chi connectivity index (χ0v) is 9.31. The predicted molar refractivity (Wildman–Crippen MR) is 61.0 cm³/mol. The van der Waals surface area contributed by atoms with E-state index in [1.54, 1.807) is 0 Å². The molecule has 0 spiro atoms. The van der Waals surface area contributed by atoms with E-state index < -0.39 is 0 Å². The lowest BCUT2D eigenvalue weighted by atomic mass is 10.1. The third-order valence-corrected chi connectivity index (χ3v) is 2.39. The summed E-state index contributed by atoms with van der Waals surface area (Å²) in [6.45, 7) is 9.38. The van der Waals surface area contributed by atoms with Gasteiger partial charge in [-0.25, -0.2) is 0 Å².